The second-order valence-corrected chi connectivity index (χ2v) is 14.7. The number of rotatable bonds is 11. The number of allylic oxidation sites excluding steroid dienone is 1. The van der Waals surface area contributed by atoms with Gasteiger partial charge in [0.15, 0.2) is 5.78 Å². The first kappa shape index (κ1) is 37.5. The molecule has 1 N–H and O–H groups in total. The Balaban J connectivity index is 1.30. The minimum absolute atomic E-state index is 0.0218. The number of nitrogens with zero attached hydrogens (tertiary/aromatic N) is 2. The van der Waals surface area contributed by atoms with Crippen molar-refractivity contribution in [3.63, 3.8) is 0 Å². The van der Waals surface area contributed by atoms with Crippen LogP contribution in [0, 0.1) is 0 Å². The Morgan fingerprint density at radius 1 is 0.558 bits per heavy atom. The van der Waals surface area contributed by atoms with E-state index in [4.69, 9.17) is 5.11 Å². The smallest absolute Gasteiger partial charge is 0.478 e. The van der Waals surface area contributed by atoms with Gasteiger partial charge < -0.3 is 14.8 Å². The fourth-order valence-electron chi connectivity index (χ4n) is 5.64. The molecule has 5 nitrogen and oxygen atoms in total. The summed E-state index contributed by atoms with van der Waals surface area (Å²) >= 11 is 0. The van der Waals surface area contributed by atoms with Gasteiger partial charge in [-0.2, -0.15) is 0 Å². The Morgan fingerprint density at radius 2 is 0.923 bits per heavy atom. The highest BCUT2D eigenvalue weighted by atomic mass is 19.2. The molecule has 8 heteroatoms. The van der Waals surface area contributed by atoms with E-state index in [0.717, 1.165) is 40.5 Å². The van der Waals surface area contributed by atoms with E-state index in [1.807, 2.05) is 12.2 Å². The van der Waals surface area contributed by atoms with Crippen LogP contribution < -0.4 is 9.71 Å². The second kappa shape index (κ2) is 15.6. The first-order valence-electron chi connectivity index (χ1n) is 17.1. The molecule has 5 aromatic carbocycles. The molecule has 5 aromatic rings. The van der Waals surface area contributed by atoms with E-state index in [-0.39, 0.29) is 22.1 Å². The van der Waals surface area contributed by atoms with Crippen LogP contribution in [0.2, 0.25) is 0 Å². The zero-order valence-electron chi connectivity index (χ0n) is 30.3. The molecule has 52 heavy (non-hydrogen) atoms. The number of carbonyl (C=O) groups is 2. The highest BCUT2D eigenvalue weighted by molar-refractivity contribution is 6.49. The number of aromatic carboxylic acids is 1. The predicted molar refractivity (Wildman–Crippen MR) is 211 cm³/mol. The van der Waals surface area contributed by atoms with E-state index < -0.39 is 19.2 Å². The SMILES string of the molecule is CC(C)(C)c1ccc(N(c2ccc(/C=C/c3ccc(C(=O)/C=C/N(B(F)F)c4ccc(C(=O)O)cc4)cc3)cc2)c2ccc(C(C)(C)C)cc2)cc1. The first-order valence-corrected chi connectivity index (χ1v) is 17.1. The molecule has 0 aliphatic carbocycles. The largest absolute Gasteiger partial charge is 0.677 e. The van der Waals surface area contributed by atoms with E-state index in [0.29, 0.717) is 10.4 Å². The summed E-state index contributed by atoms with van der Waals surface area (Å²) in [5.41, 5.74) is 8.08. The Bertz CT molecular complexity index is 1990. The Morgan fingerprint density at radius 3 is 1.31 bits per heavy atom. The quantitative estimate of drug-likeness (QED) is 0.0645. The third-order valence-electron chi connectivity index (χ3n) is 8.81. The van der Waals surface area contributed by atoms with Crippen LogP contribution in [0.25, 0.3) is 12.2 Å². The van der Waals surface area contributed by atoms with Gasteiger partial charge >= 0.3 is 13.4 Å². The number of hydrogen-bond acceptors (Lipinski definition) is 4. The van der Waals surface area contributed by atoms with Crippen LogP contribution in [0.4, 0.5) is 31.4 Å². The minimum Gasteiger partial charge on any atom is -0.478 e. The van der Waals surface area contributed by atoms with Crippen LogP contribution in [0.5, 0.6) is 0 Å². The topological polar surface area (TPSA) is 60.9 Å². The molecule has 5 rings (SSSR count). The van der Waals surface area contributed by atoms with Crippen LogP contribution in [0.15, 0.2) is 134 Å². The third kappa shape index (κ3) is 9.32. The van der Waals surface area contributed by atoms with Crippen LogP contribution in [0.1, 0.15) is 84.5 Å². The van der Waals surface area contributed by atoms with E-state index in [1.165, 1.54) is 35.4 Å². The van der Waals surface area contributed by atoms with Crippen molar-refractivity contribution in [3.05, 3.63) is 167 Å². The molecular formula is C44H43BF2N2O3. The summed E-state index contributed by atoms with van der Waals surface area (Å²) in [5.74, 6) is -1.60. The molecule has 0 unspecified atom stereocenters. The summed E-state index contributed by atoms with van der Waals surface area (Å²) in [6.07, 6.45) is 6.03. The van der Waals surface area contributed by atoms with Crippen LogP contribution in [-0.4, -0.2) is 24.3 Å². The fraction of sp³-hybridized carbons (Fsp3) is 0.182. The molecule has 0 heterocycles. The average molecular weight is 697 g/mol. The number of hydrogen-bond donors (Lipinski definition) is 1. The Kier molecular flexibility index (Phi) is 11.3. The van der Waals surface area contributed by atoms with Gasteiger partial charge in [-0.15, -0.1) is 0 Å². The van der Waals surface area contributed by atoms with Gasteiger partial charge in [0, 0.05) is 40.6 Å². The van der Waals surface area contributed by atoms with E-state index in [9.17, 15) is 18.2 Å². The summed E-state index contributed by atoms with van der Waals surface area (Å²) < 4.78 is 27.5. The lowest BCUT2D eigenvalue weighted by atomic mass is 9.86. The molecule has 0 aliphatic heterocycles. The molecule has 0 atom stereocenters. The van der Waals surface area contributed by atoms with Gasteiger partial charge in [-0.1, -0.05) is 114 Å². The molecule has 0 fully saturated rings. The molecule has 264 valence electrons. The van der Waals surface area contributed by atoms with Gasteiger partial charge in [0.2, 0.25) is 0 Å². The highest BCUT2D eigenvalue weighted by Crippen LogP contribution is 2.37. The number of carbonyl (C=O) groups excluding carboxylic acids is 1. The van der Waals surface area contributed by atoms with Crippen molar-refractivity contribution < 1.29 is 23.3 Å². The second-order valence-electron chi connectivity index (χ2n) is 14.7. The van der Waals surface area contributed by atoms with Crippen molar-refractivity contribution in [2.45, 2.75) is 52.4 Å². The van der Waals surface area contributed by atoms with Gasteiger partial charge in [-0.3, -0.25) is 13.4 Å². The first-order chi connectivity index (χ1) is 24.6. The lowest BCUT2D eigenvalue weighted by Gasteiger charge is -2.28. The number of ketones is 1. The van der Waals surface area contributed by atoms with Crippen molar-refractivity contribution in [1.82, 2.24) is 0 Å². The summed E-state index contributed by atoms with van der Waals surface area (Å²) in [4.78, 5) is 26.7. The molecule has 0 aromatic heterocycles. The Labute approximate surface area is 305 Å². The lowest BCUT2D eigenvalue weighted by Crippen LogP contribution is -2.27. The van der Waals surface area contributed by atoms with Crippen LogP contribution in [0.3, 0.4) is 0 Å². The maximum Gasteiger partial charge on any atom is 0.677 e. The van der Waals surface area contributed by atoms with Gasteiger partial charge in [0.25, 0.3) is 0 Å². The van der Waals surface area contributed by atoms with Crippen molar-refractivity contribution in [1.29, 1.82) is 0 Å². The van der Waals surface area contributed by atoms with Crippen molar-refractivity contribution in [2.24, 2.45) is 0 Å². The van der Waals surface area contributed by atoms with Gasteiger partial charge in [0.1, 0.15) is 0 Å². The van der Waals surface area contributed by atoms with Gasteiger partial charge in [-0.05, 0) is 93.7 Å². The molecule has 0 radical (unpaired) electrons. The lowest BCUT2D eigenvalue weighted by molar-refractivity contribution is 0.0696. The third-order valence-corrected chi connectivity index (χ3v) is 8.81. The summed E-state index contributed by atoms with van der Waals surface area (Å²) in [7, 11) is -2.93. The van der Waals surface area contributed by atoms with Crippen molar-refractivity contribution in [3.8, 4) is 0 Å². The zero-order chi connectivity index (χ0) is 37.6. The number of anilines is 4. The standard InChI is InChI=1S/C44H43BF2N2O3/c1-43(2,3)35-17-25-39(26-18-35)49(40-27-19-36(20-28-40)44(4,5)6)38-21-11-32(12-22-38)8-7-31-9-13-33(14-10-31)41(50)29-30-48(45(46)47)37-23-15-34(16-24-37)42(51)52/h7-30H,1-6H3,(H,51,52)/b8-7+,30-29+. The maximum absolute atomic E-state index is 13.7. The highest BCUT2D eigenvalue weighted by Gasteiger charge is 2.24. The number of carboxylic acid groups (broad SMARTS) is 1. The molecule has 0 amide bonds. The Hall–Kier alpha value is -5.76. The molecular weight excluding hydrogens is 653 g/mol. The monoisotopic (exact) mass is 696 g/mol. The van der Waals surface area contributed by atoms with Crippen LogP contribution >= 0.6 is 0 Å². The normalized spacial score (nSPS) is 11.9. The van der Waals surface area contributed by atoms with Crippen LogP contribution in [-0.2, 0) is 10.8 Å². The molecule has 0 bridgehead atoms. The fourth-order valence-corrected chi connectivity index (χ4v) is 5.64. The summed E-state index contributed by atoms with van der Waals surface area (Å²) in [6, 6.07) is 37.7. The zero-order valence-corrected chi connectivity index (χ0v) is 30.3. The molecule has 0 saturated carbocycles. The average Bonchev–Trinajstić information content (AvgIpc) is 3.11. The maximum atomic E-state index is 13.7. The van der Waals surface area contributed by atoms with Crippen molar-refractivity contribution in [2.75, 3.05) is 9.71 Å². The predicted octanol–water partition coefficient (Wildman–Crippen LogP) is 11.7. The number of carboxylic acids is 1. The number of halogens is 2. The molecule has 0 saturated heterocycles. The number of benzene rings is 5. The minimum atomic E-state index is -2.93. The summed E-state index contributed by atoms with van der Waals surface area (Å²) in [5, 5.41) is 9.06. The molecule has 0 aliphatic rings. The molecule has 0 spiro atoms. The van der Waals surface area contributed by atoms with Crippen molar-refractivity contribution >= 4 is 54.1 Å². The van der Waals surface area contributed by atoms with Gasteiger partial charge in [-0.25, -0.2) is 4.79 Å². The van der Waals surface area contributed by atoms with E-state index >= 15 is 0 Å². The van der Waals surface area contributed by atoms with E-state index in [1.54, 1.807) is 24.3 Å². The van der Waals surface area contributed by atoms with Gasteiger partial charge in [0.05, 0.1) is 5.56 Å². The summed E-state index contributed by atoms with van der Waals surface area (Å²) in [6.45, 7) is 13.3. The van der Waals surface area contributed by atoms with E-state index in [2.05, 4.69) is 119 Å².